The van der Waals surface area contributed by atoms with Crippen LogP contribution in [-0.2, 0) is 0 Å². The van der Waals surface area contributed by atoms with Crippen molar-refractivity contribution in [1.82, 2.24) is 19.7 Å². The van der Waals surface area contributed by atoms with Crippen LogP contribution in [0.3, 0.4) is 0 Å². The molecule has 0 radical (unpaired) electrons. The van der Waals surface area contributed by atoms with E-state index in [9.17, 15) is 9.18 Å². The molecule has 0 saturated carbocycles. The van der Waals surface area contributed by atoms with Gasteiger partial charge in [-0.05, 0) is 38.1 Å². The van der Waals surface area contributed by atoms with Crippen molar-refractivity contribution in [3.8, 4) is 5.69 Å². The Kier molecular flexibility index (Phi) is 5.66. The minimum atomic E-state index is -0.540. The summed E-state index contributed by atoms with van der Waals surface area (Å²) in [6.45, 7) is 5.31. The lowest BCUT2D eigenvalue weighted by atomic mass is 10.2. The number of nitrogens with zero attached hydrogens (tertiary/aromatic N) is 5. The summed E-state index contributed by atoms with van der Waals surface area (Å²) in [5.41, 5.74) is 0.597. The first kappa shape index (κ1) is 18.8. The Balaban J connectivity index is 1.83. The van der Waals surface area contributed by atoms with Crippen LogP contribution in [-0.4, -0.2) is 38.7 Å². The molecule has 0 aliphatic heterocycles. The standard InChI is InChI=1S/C18H18ClFN6O/c1-3-25(4-2)18-21-11-13(19)16(24-18)17(27)23-12-6-7-15(14(20)10-12)26-9-5-8-22-26/h5-11H,3-4H2,1-2H3,(H,23,27). The third kappa shape index (κ3) is 4.06. The number of benzene rings is 1. The fourth-order valence-electron chi connectivity index (χ4n) is 2.55. The SMILES string of the molecule is CCN(CC)c1ncc(Cl)c(C(=O)Nc2ccc(-n3cccn3)c(F)c2)n1. The molecule has 1 amide bonds. The van der Waals surface area contributed by atoms with Gasteiger partial charge in [0.1, 0.15) is 5.69 Å². The molecule has 0 bridgehead atoms. The molecule has 9 heteroatoms. The maximum Gasteiger partial charge on any atom is 0.276 e. The Bertz CT molecular complexity index is 943. The van der Waals surface area contributed by atoms with Crippen molar-refractivity contribution in [3.05, 3.63) is 59.4 Å². The van der Waals surface area contributed by atoms with Crippen LogP contribution in [0.4, 0.5) is 16.0 Å². The quantitative estimate of drug-likeness (QED) is 0.698. The van der Waals surface area contributed by atoms with E-state index < -0.39 is 11.7 Å². The van der Waals surface area contributed by atoms with Gasteiger partial charge < -0.3 is 10.2 Å². The predicted molar refractivity (Wildman–Crippen MR) is 102 cm³/mol. The molecule has 140 valence electrons. The molecule has 0 unspecified atom stereocenters. The molecule has 0 atom stereocenters. The lowest BCUT2D eigenvalue weighted by molar-refractivity contribution is 0.102. The van der Waals surface area contributed by atoms with Gasteiger partial charge in [0.25, 0.3) is 5.91 Å². The van der Waals surface area contributed by atoms with Crippen LogP contribution in [0.25, 0.3) is 5.69 Å². The van der Waals surface area contributed by atoms with E-state index in [-0.39, 0.29) is 22.1 Å². The Morgan fingerprint density at radius 3 is 2.74 bits per heavy atom. The van der Waals surface area contributed by atoms with Crippen LogP contribution in [0.15, 0.2) is 42.9 Å². The number of aromatic nitrogens is 4. The molecule has 27 heavy (non-hydrogen) atoms. The molecule has 1 N–H and O–H groups in total. The second-order valence-electron chi connectivity index (χ2n) is 5.61. The van der Waals surface area contributed by atoms with Gasteiger partial charge in [-0.15, -0.1) is 0 Å². The first-order valence-electron chi connectivity index (χ1n) is 8.41. The zero-order chi connectivity index (χ0) is 19.4. The third-order valence-corrected chi connectivity index (χ3v) is 4.23. The molecule has 0 aliphatic carbocycles. The van der Waals surface area contributed by atoms with Crippen molar-refractivity contribution in [1.29, 1.82) is 0 Å². The zero-order valence-electron chi connectivity index (χ0n) is 14.9. The average Bonchev–Trinajstić information content (AvgIpc) is 3.18. The predicted octanol–water partition coefficient (Wildman–Crippen LogP) is 3.55. The summed E-state index contributed by atoms with van der Waals surface area (Å²) in [6.07, 6.45) is 4.57. The van der Waals surface area contributed by atoms with Gasteiger partial charge in [-0.3, -0.25) is 4.79 Å². The average molecular weight is 389 g/mol. The van der Waals surface area contributed by atoms with Gasteiger partial charge in [-0.2, -0.15) is 5.10 Å². The Hall–Kier alpha value is -3.00. The summed E-state index contributed by atoms with van der Waals surface area (Å²) in [4.78, 5) is 22.9. The Morgan fingerprint density at radius 2 is 2.11 bits per heavy atom. The van der Waals surface area contributed by atoms with E-state index in [4.69, 9.17) is 11.6 Å². The van der Waals surface area contributed by atoms with Crippen LogP contribution in [0, 0.1) is 5.82 Å². The van der Waals surface area contributed by atoms with Crippen LogP contribution in [0.1, 0.15) is 24.3 Å². The minimum absolute atomic E-state index is 0.0325. The number of anilines is 2. The Morgan fingerprint density at radius 1 is 1.33 bits per heavy atom. The van der Waals surface area contributed by atoms with Crippen molar-refractivity contribution in [2.45, 2.75) is 13.8 Å². The van der Waals surface area contributed by atoms with E-state index in [2.05, 4.69) is 20.4 Å². The maximum atomic E-state index is 14.3. The lowest BCUT2D eigenvalue weighted by Crippen LogP contribution is -2.25. The highest BCUT2D eigenvalue weighted by molar-refractivity contribution is 6.34. The van der Waals surface area contributed by atoms with Crippen LogP contribution < -0.4 is 10.2 Å². The van der Waals surface area contributed by atoms with E-state index in [1.807, 2.05) is 18.7 Å². The third-order valence-electron chi connectivity index (χ3n) is 3.95. The van der Waals surface area contributed by atoms with Gasteiger partial charge in [-0.1, -0.05) is 11.6 Å². The number of amides is 1. The molecule has 2 heterocycles. The number of rotatable bonds is 6. The summed E-state index contributed by atoms with van der Waals surface area (Å²) in [7, 11) is 0. The second kappa shape index (κ2) is 8.13. The zero-order valence-corrected chi connectivity index (χ0v) is 15.6. The first-order chi connectivity index (χ1) is 13.0. The molecule has 1 aromatic carbocycles. The molecule has 3 rings (SSSR count). The topological polar surface area (TPSA) is 75.9 Å². The Labute approximate surface area is 160 Å². The number of hydrogen-bond acceptors (Lipinski definition) is 5. The first-order valence-corrected chi connectivity index (χ1v) is 8.79. The van der Waals surface area contributed by atoms with E-state index in [1.54, 1.807) is 24.5 Å². The summed E-state index contributed by atoms with van der Waals surface area (Å²) in [6, 6.07) is 6.02. The fourth-order valence-corrected chi connectivity index (χ4v) is 2.72. The van der Waals surface area contributed by atoms with Crippen molar-refractivity contribution in [2.75, 3.05) is 23.3 Å². The molecule has 0 fully saturated rings. The van der Waals surface area contributed by atoms with E-state index >= 15 is 0 Å². The number of nitrogens with one attached hydrogen (secondary N) is 1. The molecular weight excluding hydrogens is 371 g/mol. The van der Waals surface area contributed by atoms with Crippen LogP contribution in [0.5, 0.6) is 0 Å². The maximum absolute atomic E-state index is 14.3. The van der Waals surface area contributed by atoms with Crippen molar-refractivity contribution < 1.29 is 9.18 Å². The highest BCUT2D eigenvalue weighted by Crippen LogP contribution is 2.21. The lowest BCUT2D eigenvalue weighted by Gasteiger charge is -2.19. The van der Waals surface area contributed by atoms with Gasteiger partial charge in [0.15, 0.2) is 11.5 Å². The molecule has 0 aliphatic rings. The number of hydrogen-bond donors (Lipinski definition) is 1. The van der Waals surface area contributed by atoms with E-state index in [0.717, 1.165) is 0 Å². The van der Waals surface area contributed by atoms with Gasteiger partial charge in [0, 0.05) is 31.2 Å². The van der Waals surface area contributed by atoms with Crippen molar-refractivity contribution in [2.24, 2.45) is 0 Å². The number of halogens is 2. The van der Waals surface area contributed by atoms with Crippen molar-refractivity contribution >= 4 is 29.1 Å². The smallest absolute Gasteiger partial charge is 0.276 e. The van der Waals surface area contributed by atoms with Gasteiger partial charge >= 0.3 is 0 Å². The van der Waals surface area contributed by atoms with Crippen molar-refractivity contribution in [3.63, 3.8) is 0 Å². The highest BCUT2D eigenvalue weighted by Gasteiger charge is 2.17. The molecule has 7 nitrogen and oxygen atoms in total. The molecule has 0 spiro atoms. The van der Waals surface area contributed by atoms with Crippen LogP contribution in [0.2, 0.25) is 5.02 Å². The number of carbonyl (C=O) groups excluding carboxylic acids is 1. The monoisotopic (exact) mass is 388 g/mol. The van der Waals surface area contributed by atoms with E-state index in [0.29, 0.717) is 19.0 Å². The minimum Gasteiger partial charge on any atom is -0.341 e. The summed E-state index contributed by atoms with van der Waals surface area (Å²) in [5, 5.41) is 6.72. The van der Waals surface area contributed by atoms with Gasteiger partial charge in [0.2, 0.25) is 5.95 Å². The van der Waals surface area contributed by atoms with Gasteiger partial charge in [0.05, 0.1) is 11.2 Å². The van der Waals surface area contributed by atoms with Gasteiger partial charge in [-0.25, -0.2) is 19.0 Å². The molecule has 0 saturated heterocycles. The van der Waals surface area contributed by atoms with E-state index in [1.165, 1.54) is 23.0 Å². The number of carbonyl (C=O) groups is 1. The molecule has 2 aromatic heterocycles. The highest BCUT2D eigenvalue weighted by atomic mass is 35.5. The fraction of sp³-hybridized carbons (Fsp3) is 0.222. The van der Waals surface area contributed by atoms with Crippen LogP contribution >= 0.6 is 11.6 Å². The molecular formula is C18H18ClFN6O. The second-order valence-corrected chi connectivity index (χ2v) is 6.02. The largest absolute Gasteiger partial charge is 0.341 e. The normalized spacial score (nSPS) is 10.7. The summed E-state index contributed by atoms with van der Waals surface area (Å²) < 4.78 is 15.7. The summed E-state index contributed by atoms with van der Waals surface area (Å²) >= 11 is 6.08. The summed E-state index contributed by atoms with van der Waals surface area (Å²) in [5.74, 6) is -0.647. The molecule has 3 aromatic rings.